The van der Waals surface area contributed by atoms with E-state index in [2.05, 4.69) is 15.3 Å². The lowest BCUT2D eigenvalue weighted by Crippen LogP contribution is -2.15. The molecule has 0 fully saturated rings. The number of carbonyl (C=O) groups is 1. The van der Waals surface area contributed by atoms with Gasteiger partial charge in [-0.3, -0.25) is 9.78 Å². The number of anilines is 1. The van der Waals surface area contributed by atoms with Gasteiger partial charge in [0.25, 0.3) is 5.91 Å². The van der Waals surface area contributed by atoms with Crippen molar-refractivity contribution in [3.8, 4) is 0 Å². The minimum Gasteiger partial charge on any atom is -0.305 e. The molecule has 0 bridgehead atoms. The molecule has 2 rings (SSSR count). The number of nitrogens with zero attached hydrogens (tertiary/aromatic N) is 2. The van der Waals surface area contributed by atoms with E-state index in [0.717, 1.165) is 18.3 Å². The lowest BCUT2D eigenvalue weighted by atomic mass is 10.2. The maximum Gasteiger partial charge on any atom is 0.416 e. The van der Waals surface area contributed by atoms with E-state index in [0.29, 0.717) is 0 Å². The van der Waals surface area contributed by atoms with Crippen LogP contribution in [0.1, 0.15) is 16.1 Å². The number of hydrogen-bond acceptors (Lipinski definition) is 3. The number of carbonyl (C=O) groups excluding carboxylic acids is 1. The summed E-state index contributed by atoms with van der Waals surface area (Å²) in [6.07, 6.45) is -2.08. The molecule has 0 aliphatic rings. The highest BCUT2D eigenvalue weighted by Crippen LogP contribution is 2.29. The summed E-state index contributed by atoms with van der Waals surface area (Å²) in [6.45, 7) is 0. The highest BCUT2D eigenvalue weighted by molar-refractivity contribution is 6.02. The van der Waals surface area contributed by atoms with Gasteiger partial charge in [-0.1, -0.05) is 6.07 Å². The second-order valence-electron chi connectivity index (χ2n) is 3.60. The number of hydrogen-bond donors (Lipinski definition) is 1. The van der Waals surface area contributed by atoms with Crippen LogP contribution in [0.25, 0.3) is 0 Å². The third-order valence-corrected chi connectivity index (χ3v) is 2.23. The van der Waals surface area contributed by atoms with E-state index < -0.39 is 17.6 Å². The van der Waals surface area contributed by atoms with Crippen molar-refractivity contribution in [2.24, 2.45) is 0 Å². The van der Waals surface area contributed by atoms with E-state index >= 15 is 0 Å². The van der Waals surface area contributed by atoms with Crippen molar-refractivity contribution in [2.75, 3.05) is 5.32 Å². The molecular formula is C12H8F3N3O. The quantitative estimate of drug-likeness (QED) is 0.910. The van der Waals surface area contributed by atoms with Crippen LogP contribution in [-0.2, 0) is 6.18 Å². The standard InChI is InChI=1S/C12H8F3N3O/c13-12(14,15)8-4-6-17-10(7-8)18-11(19)9-3-1-2-5-16-9/h1-7H,(H,17,18,19). The Kier molecular flexibility index (Phi) is 3.46. The zero-order chi connectivity index (χ0) is 13.9. The first-order valence-corrected chi connectivity index (χ1v) is 5.22. The number of amides is 1. The van der Waals surface area contributed by atoms with E-state index in [9.17, 15) is 18.0 Å². The molecule has 4 nitrogen and oxygen atoms in total. The maximum atomic E-state index is 12.5. The highest BCUT2D eigenvalue weighted by Gasteiger charge is 2.30. The van der Waals surface area contributed by atoms with Gasteiger partial charge in [-0.25, -0.2) is 4.98 Å². The molecule has 0 atom stereocenters. The third kappa shape index (κ3) is 3.27. The summed E-state index contributed by atoms with van der Waals surface area (Å²) < 4.78 is 37.4. The first-order chi connectivity index (χ1) is 8.97. The highest BCUT2D eigenvalue weighted by atomic mass is 19.4. The second kappa shape index (κ2) is 5.05. The van der Waals surface area contributed by atoms with Gasteiger partial charge in [-0.15, -0.1) is 0 Å². The summed E-state index contributed by atoms with van der Waals surface area (Å²) in [5.41, 5.74) is -0.777. The molecule has 19 heavy (non-hydrogen) atoms. The number of nitrogens with one attached hydrogen (secondary N) is 1. The summed E-state index contributed by atoms with van der Waals surface area (Å²) in [7, 11) is 0. The molecule has 98 valence electrons. The Morgan fingerprint density at radius 3 is 2.53 bits per heavy atom. The molecule has 0 aliphatic carbocycles. The van der Waals surface area contributed by atoms with Crippen LogP contribution in [0, 0.1) is 0 Å². The Balaban J connectivity index is 2.18. The van der Waals surface area contributed by atoms with Crippen molar-refractivity contribution in [3.05, 3.63) is 54.0 Å². The predicted octanol–water partition coefficient (Wildman–Crippen LogP) is 2.75. The molecule has 0 aromatic carbocycles. The zero-order valence-electron chi connectivity index (χ0n) is 9.48. The van der Waals surface area contributed by atoms with Gasteiger partial charge in [0.05, 0.1) is 5.56 Å². The first kappa shape index (κ1) is 13.0. The Morgan fingerprint density at radius 2 is 1.89 bits per heavy atom. The van der Waals surface area contributed by atoms with Crippen molar-refractivity contribution in [1.82, 2.24) is 9.97 Å². The van der Waals surface area contributed by atoms with Crippen molar-refractivity contribution >= 4 is 11.7 Å². The summed E-state index contributed by atoms with van der Waals surface area (Å²) >= 11 is 0. The topological polar surface area (TPSA) is 54.9 Å². The number of rotatable bonds is 2. The van der Waals surface area contributed by atoms with Crippen LogP contribution < -0.4 is 5.32 Å². The molecule has 2 heterocycles. The molecule has 0 spiro atoms. The smallest absolute Gasteiger partial charge is 0.305 e. The van der Waals surface area contributed by atoms with Crippen LogP contribution in [0.2, 0.25) is 0 Å². The largest absolute Gasteiger partial charge is 0.416 e. The Morgan fingerprint density at radius 1 is 1.11 bits per heavy atom. The number of aromatic nitrogens is 2. The van der Waals surface area contributed by atoms with E-state index in [4.69, 9.17) is 0 Å². The van der Waals surface area contributed by atoms with Crippen molar-refractivity contribution in [1.29, 1.82) is 0 Å². The van der Waals surface area contributed by atoms with Gasteiger partial charge in [0.2, 0.25) is 0 Å². The first-order valence-electron chi connectivity index (χ1n) is 5.22. The number of alkyl halides is 3. The number of pyridine rings is 2. The van der Waals surface area contributed by atoms with E-state index in [1.54, 1.807) is 12.1 Å². The molecule has 1 amide bonds. The lowest BCUT2D eigenvalue weighted by Gasteiger charge is -2.08. The Labute approximate surface area is 106 Å². The molecule has 2 aromatic heterocycles. The van der Waals surface area contributed by atoms with E-state index in [1.165, 1.54) is 12.3 Å². The van der Waals surface area contributed by atoms with Gasteiger partial charge in [0.1, 0.15) is 11.5 Å². The molecule has 1 N–H and O–H groups in total. The Hall–Kier alpha value is -2.44. The van der Waals surface area contributed by atoms with Gasteiger partial charge >= 0.3 is 6.18 Å². The maximum absolute atomic E-state index is 12.5. The number of halogens is 3. The van der Waals surface area contributed by atoms with Crippen LogP contribution in [0.5, 0.6) is 0 Å². The molecule has 0 saturated heterocycles. The second-order valence-corrected chi connectivity index (χ2v) is 3.60. The van der Waals surface area contributed by atoms with Gasteiger partial charge < -0.3 is 5.32 Å². The van der Waals surface area contributed by atoms with Crippen LogP contribution in [0.15, 0.2) is 42.7 Å². The molecule has 0 radical (unpaired) electrons. The van der Waals surface area contributed by atoms with Gasteiger partial charge in [-0.2, -0.15) is 13.2 Å². The van der Waals surface area contributed by atoms with Gasteiger partial charge in [0, 0.05) is 12.4 Å². The zero-order valence-corrected chi connectivity index (χ0v) is 9.48. The third-order valence-electron chi connectivity index (χ3n) is 2.23. The van der Waals surface area contributed by atoms with Crippen molar-refractivity contribution < 1.29 is 18.0 Å². The molecule has 7 heteroatoms. The van der Waals surface area contributed by atoms with Crippen LogP contribution >= 0.6 is 0 Å². The van der Waals surface area contributed by atoms with Crippen LogP contribution in [0.4, 0.5) is 19.0 Å². The summed E-state index contributed by atoms with van der Waals surface area (Å²) in [5.74, 6) is -0.794. The van der Waals surface area contributed by atoms with Gasteiger partial charge in [0.15, 0.2) is 0 Å². The average Bonchev–Trinajstić information content (AvgIpc) is 2.39. The minimum atomic E-state index is -4.48. The van der Waals surface area contributed by atoms with Gasteiger partial charge in [-0.05, 0) is 24.3 Å². The van der Waals surface area contributed by atoms with Crippen molar-refractivity contribution in [3.63, 3.8) is 0 Å². The SMILES string of the molecule is O=C(Nc1cc(C(F)(F)F)ccn1)c1ccccn1. The van der Waals surface area contributed by atoms with E-state index in [1.807, 2.05) is 0 Å². The van der Waals surface area contributed by atoms with Crippen molar-refractivity contribution in [2.45, 2.75) is 6.18 Å². The summed E-state index contributed by atoms with van der Waals surface area (Å²) in [5, 5.41) is 2.26. The fourth-order valence-corrected chi connectivity index (χ4v) is 1.35. The molecular weight excluding hydrogens is 259 g/mol. The monoisotopic (exact) mass is 267 g/mol. The molecule has 0 saturated carbocycles. The average molecular weight is 267 g/mol. The van der Waals surface area contributed by atoms with Crippen LogP contribution in [-0.4, -0.2) is 15.9 Å². The molecule has 2 aromatic rings. The lowest BCUT2D eigenvalue weighted by molar-refractivity contribution is -0.137. The minimum absolute atomic E-state index is 0.0988. The predicted molar refractivity (Wildman–Crippen MR) is 61.4 cm³/mol. The summed E-state index contributed by atoms with van der Waals surface area (Å²) in [6, 6.07) is 6.26. The fourth-order valence-electron chi connectivity index (χ4n) is 1.35. The fraction of sp³-hybridized carbons (Fsp3) is 0.0833. The molecule has 0 aliphatic heterocycles. The Bertz CT molecular complexity index is 584. The van der Waals surface area contributed by atoms with E-state index in [-0.39, 0.29) is 11.5 Å². The normalized spacial score (nSPS) is 11.1. The summed E-state index contributed by atoms with van der Waals surface area (Å²) in [4.78, 5) is 19.1. The van der Waals surface area contributed by atoms with Crippen LogP contribution in [0.3, 0.4) is 0 Å². The molecule has 0 unspecified atom stereocenters.